The van der Waals surface area contributed by atoms with Crippen molar-refractivity contribution in [2.24, 2.45) is 0 Å². The van der Waals surface area contributed by atoms with Gasteiger partial charge in [0.25, 0.3) is 0 Å². The van der Waals surface area contributed by atoms with E-state index in [2.05, 4.69) is 33.4 Å². The first-order chi connectivity index (χ1) is 12.8. The van der Waals surface area contributed by atoms with Crippen LogP contribution in [0, 0.1) is 11.3 Å². The van der Waals surface area contributed by atoms with Gasteiger partial charge < -0.3 is 4.74 Å². The van der Waals surface area contributed by atoms with Gasteiger partial charge in [-0.15, -0.1) is 5.10 Å². The van der Waals surface area contributed by atoms with Gasteiger partial charge in [0.15, 0.2) is 6.23 Å². The van der Waals surface area contributed by atoms with Gasteiger partial charge in [0.1, 0.15) is 5.69 Å². The van der Waals surface area contributed by atoms with Gasteiger partial charge in [0.05, 0.1) is 31.0 Å². The normalized spacial score (nSPS) is 17.3. The summed E-state index contributed by atoms with van der Waals surface area (Å²) in [4.78, 5) is 2.26. The molecule has 6 heteroatoms. The second-order valence-corrected chi connectivity index (χ2v) is 6.33. The Morgan fingerprint density at radius 3 is 2.77 bits per heavy atom. The van der Waals surface area contributed by atoms with E-state index in [1.165, 1.54) is 5.56 Å². The summed E-state index contributed by atoms with van der Waals surface area (Å²) in [6.07, 6.45) is 1.75. The second kappa shape index (κ2) is 7.48. The summed E-state index contributed by atoms with van der Waals surface area (Å²) in [7, 11) is 0. The molecule has 1 aliphatic rings. The minimum Gasteiger partial charge on any atom is -0.356 e. The Hall–Kier alpha value is -3.01. The lowest BCUT2D eigenvalue weighted by molar-refractivity contribution is 0.0252. The fraction of sp³-hybridized carbons (Fsp3) is 0.250. The molecule has 130 valence electrons. The zero-order valence-electron chi connectivity index (χ0n) is 14.3. The highest BCUT2D eigenvalue weighted by molar-refractivity contribution is 5.32. The summed E-state index contributed by atoms with van der Waals surface area (Å²) in [6, 6.07) is 20.0. The Bertz CT molecular complexity index is 915. The number of benzene rings is 2. The Balaban J connectivity index is 1.47. The minimum atomic E-state index is -0.172. The zero-order chi connectivity index (χ0) is 17.8. The van der Waals surface area contributed by atoms with Gasteiger partial charge in [-0.1, -0.05) is 47.7 Å². The van der Waals surface area contributed by atoms with E-state index in [0.29, 0.717) is 18.7 Å². The van der Waals surface area contributed by atoms with Crippen LogP contribution in [0.15, 0.2) is 60.8 Å². The fourth-order valence-electron chi connectivity index (χ4n) is 3.19. The summed E-state index contributed by atoms with van der Waals surface area (Å²) < 4.78 is 7.68. The molecule has 0 spiro atoms. The summed E-state index contributed by atoms with van der Waals surface area (Å²) in [5.41, 5.74) is 3.74. The lowest BCUT2D eigenvalue weighted by Crippen LogP contribution is -2.23. The van der Waals surface area contributed by atoms with Gasteiger partial charge in [-0.3, -0.25) is 4.90 Å². The summed E-state index contributed by atoms with van der Waals surface area (Å²) in [5, 5.41) is 17.6. The predicted octanol–water partition coefficient (Wildman–Crippen LogP) is 2.73. The van der Waals surface area contributed by atoms with Crippen LogP contribution < -0.4 is 0 Å². The van der Waals surface area contributed by atoms with Crippen LogP contribution in [0.25, 0.3) is 0 Å². The van der Waals surface area contributed by atoms with Gasteiger partial charge in [0, 0.05) is 13.1 Å². The monoisotopic (exact) mass is 345 g/mol. The highest BCUT2D eigenvalue weighted by atomic mass is 16.5. The molecule has 0 saturated carbocycles. The Morgan fingerprint density at radius 1 is 1.08 bits per heavy atom. The number of aromatic nitrogens is 3. The fourth-order valence-corrected chi connectivity index (χ4v) is 3.19. The SMILES string of the molecule is N#Cc1cccc(Cn2cc([C@H]3OCCN3Cc3ccccc3)nn2)c1. The average Bonchev–Trinajstić information content (AvgIpc) is 3.32. The number of hydrogen-bond acceptors (Lipinski definition) is 5. The highest BCUT2D eigenvalue weighted by Gasteiger charge is 2.29. The van der Waals surface area contributed by atoms with Crippen LogP contribution in [0.5, 0.6) is 0 Å². The van der Waals surface area contributed by atoms with Crippen molar-refractivity contribution in [1.29, 1.82) is 5.26 Å². The molecule has 6 nitrogen and oxygen atoms in total. The largest absolute Gasteiger partial charge is 0.356 e. The first kappa shape index (κ1) is 16.5. The molecule has 0 aliphatic carbocycles. The second-order valence-electron chi connectivity index (χ2n) is 6.33. The molecular formula is C20H19N5O. The molecule has 0 N–H and O–H groups in total. The lowest BCUT2D eigenvalue weighted by atomic mass is 10.1. The molecule has 1 fully saturated rings. The smallest absolute Gasteiger partial charge is 0.157 e. The number of hydrogen-bond donors (Lipinski definition) is 0. The van der Waals surface area contributed by atoms with Crippen molar-refractivity contribution >= 4 is 0 Å². The number of ether oxygens (including phenoxy) is 1. The van der Waals surface area contributed by atoms with Crippen molar-refractivity contribution in [3.05, 3.63) is 83.2 Å². The minimum absolute atomic E-state index is 0.172. The summed E-state index contributed by atoms with van der Waals surface area (Å²) >= 11 is 0. The molecule has 2 heterocycles. The average molecular weight is 345 g/mol. The van der Waals surface area contributed by atoms with E-state index in [-0.39, 0.29) is 6.23 Å². The topological polar surface area (TPSA) is 67.0 Å². The van der Waals surface area contributed by atoms with Crippen LogP contribution in [-0.4, -0.2) is 33.0 Å². The maximum atomic E-state index is 9.02. The van der Waals surface area contributed by atoms with E-state index in [9.17, 15) is 0 Å². The molecule has 0 unspecified atom stereocenters. The highest BCUT2D eigenvalue weighted by Crippen LogP contribution is 2.27. The lowest BCUT2D eigenvalue weighted by Gasteiger charge is -2.20. The van der Waals surface area contributed by atoms with Gasteiger partial charge in [-0.2, -0.15) is 5.26 Å². The number of nitriles is 1. The molecular weight excluding hydrogens is 326 g/mol. The Labute approximate surface area is 152 Å². The number of rotatable bonds is 5. The van der Waals surface area contributed by atoms with Crippen LogP contribution in [-0.2, 0) is 17.8 Å². The van der Waals surface area contributed by atoms with Crippen molar-refractivity contribution in [2.45, 2.75) is 19.3 Å². The maximum absolute atomic E-state index is 9.02. The van der Waals surface area contributed by atoms with Crippen LogP contribution in [0.1, 0.15) is 28.6 Å². The predicted molar refractivity (Wildman–Crippen MR) is 95.8 cm³/mol. The zero-order valence-corrected chi connectivity index (χ0v) is 14.3. The summed E-state index contributed by atoms with van der Waals surface area (Å²) in [6.45, 7) is 2.96. The van der Waals surface area contributed by atoms with Crippen LogP contribution >= 0.6 is 0 Å². The van der Waals surface area contributed by atoms with Crippen molar-refractivity contribution in [3.8, 4) is 6.07 Å². The van der Waals surface area contributed by atoms with Crippen LogP contribution in [0.3, 0.4) is 0 Å². The van der Waals surface area contributed by atoms with Gasteiger partial charge in [-0.05, 0) is 23.3 Å². The Kier molecular flexibility index (Phi) is 4.73. The molecule has 1 aliphatic heterocycles. The third-order valence-electron chi connectivity index (χ3n) is 4.42. The quantitative estimate of drug-likeness (QED) is 0.711. The molecule has 26 heavy (non-hydrogen) atoms. The van der Waals surface area contributed by atoms with Gasteiger partial charge >= 0.3 is 0 Å². The van der Waals surface area contributed by atoms with Crippen molar-refractivity contribution < 1.29 is 4.74 Å². The van der Waals surface area contributed by atoms with Crippen molar-refractivity contribution in [3.63, 3.8) is 0 Å². The van der Waals surface area contributed by atoms with E-state index < -0.39 is 0 Å². The maximum Gasteiger partial charge on any atom is 0.157 e. The van der Waals surface area contributed by atoms with E-state index in [0.717, 1.165) is 24.3 Å². The standard InChI is InChI=1S/C20H19N5O/c21-12-17-7-4-8-18(11-17)14-25-15-19(22-23-25)20-24(9-10-26-20)13-16-5-2-1-3-6-16/h1-8,11,15,20H,9-10,13-14H2/t20-/m1/s1. The van der Waals surface area contributed by atoms with Crippen LogP contribution in [0.4, 0.5) is 0 Å². The van der Waals surface area contributed by atoms with Crippen molar-refractivity contribution in [1.82, 2.24) is 19.9 Å². The van der Waals surface area contributed by atoms with E-state index in [4.69, 9.17) is 10.00 Å². The third-order valence-corrected chi connectivity index (χ3v) is 4.42. The van der Waals surface area contributed by atoms with E-state index in [1.807, 2.05) is 42.6 Å². The molecule has 2 aromatic carbocycles. The molecule has 1 saturated heterocycles. The molecule has 0 radical (unpaired) electrons. The summed E-state index contributed by atoms with van der Waals surface area (Å²) in [5.74, 6) is 0. The van der Waals surface area contributed by atoms with Gasteiger partial charge in [-0.25, -0.2) is 4.68 Å². The van der Waals surface area contributed by atoms with Gasteiger partial charge in [0.2, 0.25) is 0 Å². The van der Waals surface area contributed by atoms with E-state index in [1.54, 1.807) is 10.7 Å². The third kappa shape index (κ3) is 3.64. The first-order valence-electron chi connectivity index (χ1n) is 8.60. The molecule has 3 aromatic rings. The first-order valence-corrected chi connectivity index (χ1v) is 8.60. The Morgan fingerprint density at radius 2 is 1.92 bits per heavy atom. The van der Waals surface area contributed by atoms with Crippen LogP contribution in [0.2, 0.25) is 0 Å². The molecule has 4 rings (SSSR count). The van der Waals surface area contributed by atoms with E-state index >= 15 is 0 Å². The molecule has 0 bridgehead atoms. The molecule has 0 amide bonds. The molecule has 1 atom stereocenters. The number of nitrogens with zero attached hydrogens (tertiary/aromatic N) is 5. The van der Waals surface area contributed by atoms with Crippen molar-refractivity contribution in [2.75, 3.05) is 13.2 Å². The molecule has 1 aromatic heterocycles.